The van der Waals surface area contributed by atoms with Gasteiger partial charge in [0.1, 0.15) is 10.7 Å². The molecule has 3 N–H and O–H groups in total. The number of amides is 1. The quantitative estimate of drug-likeness (QED) is 0.879. The Morgan fingerprint density at radius 3 is 3.11 bits per heavy atom. The van der Waals surface area contributed by atoms with E-state index in [0.717, 1.165) is 23.8 Å². The Kier molecular flexibility index (Phi) is 4.72. The van der Waals surface area contributed by atoms with Crippen molar-refractivity contribution >= 4 is 17.2 Å². The Labute approximate surface area is 112 Å². The van der Waals surface area contributed by atoms with Crippen LogP contribution in [0.25, 0.3) is 0 Å². The average Bonchev–Trinajstić information content (AvgIpc) is 2.88. The highest BCUT2D eigenvalue weighted by Gasteiger charge is 2.23. The van der Waals surface area contributed by atoms with Gasteiger partial charge in [-0.2, -0.15) is 0 Å². The maximum Gasteiger partial charge on any atom is 0.270 e. The number of hydrogen-bond acceptors (Lipinski definition) is 4. The molecule has 2 atom stereocenters. The Bertz CT molecular complexity index is 405. The predicted molar refractivity (Wildman–Crippen MR) is 73.5 cm³/mol. The van der Waals surface area contributed by atoms with Gasteiger partial charge in [-0.1, -0.05) is 26.2 Å². The van der Waals surface area contributed by atoms with Crippen molar-refractivity contribution in [1.82, 2.24) is 10.3 Å². The largest absolute Gasteiger partial charge is 0.348 e. The molecule has 0 saturated heterocycles. The first-order valence-corrected chi connectivity index (χ1v) is 7.56. The molecule has 0 spiro atoms. The minimum Gasteiger partial charge on any atom is -0.348 e. The summed E-state index contributed by atoms with van der Waals surface area (Å²) >= 11 is 1.45. The van der Waals surface area contributed by atoms with Crippen LogP contribution in [0.15, 0.2) is 5.38 Å². The molecule has 2 rings (SSSR count). The summed E-state index contributed by atoms with van der Waals surface area (Å²) < 4.78 is 0. The second kappa shape index (κ2) is 6.29. The van der Waals surface area contributed by atoms with E-state index in [0.29, 0.717) is 18.3 Å². The SMILES string of the molecule is CCC1CCCC(NC(=O)c2csc(CN)n2)C1. The zero-order valence-electron chi connectivity index (χ0n) is 10.8. The fraction of sp³-hybridized carbons (Fsp3) is 0.692. The lowest BCUT2D eigenvalue weighted by Gasteiger charge is -2.28. The van der Waals surface area contributed by atoms with Crippen molar-refractivity contribution in [2.45, 2.75) is 51.6 Å². The number of nitrogens with one attached hydrogen (secondary N) is 1. The zero-order chi connectivity index (χ0) is 13.0. The minimum atomic E-state index is -0.0484. The summed E-state index contributed by atoms with van der Waals surface area (Å²) in [4.78, 5) is 16.2. The van der Waals surface area contributed by atoms with Gasteiger partial charge >= 0.3 is 0 Å². The molecule has 4 nitrogen and oxygen atoms in total. The summed E-state index contributed by atoms with van der Waals surface area (Å²) in [5.74, 6) is 0.715. The van der Waals surface area contributed by atoms with Crippen LogP contribution in [0.1, 0.15) is 54.5 Å². The van der Waals surface area contributed by atoms with Gasteiger partial charge in [-0.3, -0.25) is 4.79 Å². The lowest BCUT2D eigenvalue weighted by molar-refractivity contribution is 0.0914. The van der Waals surface area contributed by atoms with Crippen molar-refractivity contribution in [2.24, 2.45) is 11.7 Å². The summed E-state index contributed by atoms with van der Waals surface area (Å²) in [6.45, 7) is 2.63. The van der Waals surface area contributed by atoms with E-state index in [4.69, 9.17) is 5.73 Å². The lowest BCUT2D eigenvalue weighted by atomic mass is 9.84. The molecule has 1 aromatic rings. The smallest absolute Gasteiger partial charge is 0.270 e. The van der Waals surface area contributed by atoms with Gasteiger partial charge < -0.3 is 11.1 Å². The number of nitrogens with two attached hydrogens (primary N) is 1. The van der Waals surface area contributed by atoms with Crippen LogP contribution in [0.2, 0.25) is 0 Å². The van der Waals surface area contributed by atoms with Gasteiger partial charge in [-0.15, -0.1) is 11.3 Å². The molecule has 100 valence electrons. The highest BCUT2D eigenvalue weighted by molar-refractivity contribution is 7.09. The van der Waals surface area contributed by atoms with E-state index >= 15 is 0 Å². The Morgan fingerprint density at radius 2 is 2.44 bits per heavy atom. The number of nitrogens with zero attached hydrogens (tertiary/aromatic N) is 1. The molecule has 5 heteroatoms. The summed E-state index contributed by atoms with van der Waals surface area (Å²) in [6.07, 6.45) is 5.93. The van der Waals surface area contributed by atoms with E-state index in [9.17, 15) is 4.79 Å². The number of carbonyl (C=O) groups is 1. The fourth-order valence-corrected chi connectivity index (χ4v) is 3.22. The molecule has 1 heterocycles. The van der Waals surface area contributed by atoms with Gasteiger partial charge in [0.25, 0.3) is 5.91 Å². The van der Waals surface area contributed by atoms with Crippen molar-refractivity contribution in [3.8, 4) is 0 Å². The van der Waals surface area contributed by atoms with Crippen LogP contribution in [-0.4, -0.2) is 16.9 Å². The van der Waals surface area contributed by atoms with E-state index in [2.05, 4.69) is 17.2 Å². The third-order valence-electron chi connectivity index (χ3n) is 3.65. The summed E-state index contributed by atoms with van der Waals surface area (Å²) in [6, 6.07) is 0.319. The molecular formula is C13H21N3OS. The van der Waals surface area contributed by atoms with E-state index in [1.807, 2.05) is 0 Å². The maximum absolute atomic E-state index is 12.0. The Hall–Kier alpha value is -0.940. The molecule has 1 aliphatic carbocycles. The van der Waals surface area contributed by atoms with Gasteiger partial charge in [-0.05, 0) is 18.8 Å². The van der Waals surface area contributed by atoms with Crippen molar-refractivity contribution < 1.29 is 4.79 Å². The Morgan fingerprint density at radius 1 is 1.61 bits per heavy atom. The molecule has 0 aromatic carbocycles. The van der Waals surface area contributed by atoms with Crippen LogP contribution in [-0.2, 0) is 6.54 Å². The van der Waals surface area contributed by atoms with Gasteiger partial charge in [0, 0.05) is 18.0 Å². The molecule has 1 aliphatic rings. The van der Waals surface area contributed by atoms with Gasteiger partial charge in [-0.25, -0.2) is 4.98 Å². The van der Waals surface area contributed by atoms with Crippen LogP contribution in [0.4, 0.5) is 0 Å². The lowest BCUT2D eigenvalue weighted by Crippen LogP contribution is -2.38. The molecule has 0 bridgehead atoms. The Balaban J connectivity index is 1.90. The van der Waals surface area contributed by atoms with Crippen molar-refractivity contribution in [3.63, 3.8) is 0 Å². The normalized spacial score (nSPS) is 23.9. The van der Waals surface area contributed by atoms with Crippen molar-refractivity contribution in [1.29, 1.82) is 0 Å². The predicted octanol–water partition coefficient (Wildman–Crippen LogP) is 2.30. The number of thiazole rings is 1. The molecule has 1 amide bonds. The summed E-state index contributed by atoms with van der Waals surface area (Å²) in [5, 5.41) is 5.71. The topological polar surface area (TPSA) is 68.0 Å². The van der Waals surface area contributed by atoms with E-state index in [-0.39, 0.29) is 5.91 Å². The molecule has 1 saturated carbocycles. The third kappa shape index (κ3) is 3.29. The first-order valence-electron chi connectivity index (χ1n) is 6.68. The fourth-order valence-electron chi connectivity index (χ4n) is 2.56. The molecular weight excluding hydrogens is 246 g/mol. The first kappa shape index (κ1) is 13.5. The van der Waals surface area contributed by atoms with Crippen molar-refractivity contribution in [3.05, 3.63) is 16.1 Å². The number of hydrogen-bond donors (Lipinski definition) is 2. The molecule has 2 unspecified atom stereocenters. The van der Waals surface area contributed by atoms with Gasteiger partial charge in [0.05, 0.1) is 0 Å². The van der Waals surface area contributed by atoms with E-state index < -0.39 is 0 Å². The second-order valence-corrected chi connectivity index (χ2v) is 5.88. The third-order valence-corrected chi connectivity index (χ3v) is 4.53. The van der Waals surface area contributed by atoms with Crippen LogP contribution >= 0.6 is 11.3 Å². The maximum atomic E-state index is 12.0. The first-order chi connectivity index (χ1) is 8.72. The van der Waals surface area contributed by atoms with E-state index in [1.165, 1.54) is 30.6 Å². The van der Waals surface area contributed by atoms with Crippen LogP contribution in [0.5, 0.6) is 0 Å². The highest BCUT2D eigenvalue weighted by Crippen LogP contribution is 2.26. The average molecular weight is 267 g/mol. The van der Waals surface area contributed by atoms with Crippen LogP contribution in [0, 0.1) is 5.92 Å². The van der Waals surface area contributed by atoms with Crippen molar-refractivity contribution in [2.75, 3.05) is 0 Å². The second-order valence-electron chi connectivity index (χ2n) is 4.94. The van der Waals surface area contributed by atoms with Gasteiger partial charge in [0.15, 0.2) is 0 Å². The van der Waals surface area contributed by atoms with Crippen LogP contribution < -0.4 is 11.1 Å². The zero-order valence-corrected chi connectivity index (χ0v) is 11.6. The molecule has 1 fully saturated rings. The molecule has 0 aliphatic heterocycles. The molecule has 18 heavy (non-hydrogen) atoms. The minimum absolute atomic E-state index is 0.0484. The molecule has 0 radical (unpaired) electrons. The standard InChI is InChI=1S/C13H21N3OS/c1-2-9-4-3-5-10(6-9)15-13(17)11-8-18-12(7-14)16-11/h8-10H,2-7,14H2,1H3,(H,15,17). The number of carbonyl (C=O) groups excluding carboxylic acids is 1. The highest BCUT2D eigenvalue weighted by atomic mass is 32.1. The summed E-state index contributed by atoms with van der Waals surface area (Å²) in [7, 11) is 0. The van der Waals surface area contributed by atoms with Gasteiger partial charge in [0.2, 0.25) is 0 Å². The monoisotopic (exact) mass is 267 g/mol. The number of rotatable bonds is 4. The van der Waals surface area contributed by atoms with E-state index in [1.54, 1.807) is 5.38 Å². The summed E-state index contributed by atoms with van der Waals surface area (Å²) in [5.41, 5.74) is 6.01. The van der Waals surface area contributed by atoms with Crippen LogP contribution in [0.3, 0.4) is 0 Å². The molecule has 1 aromatic heterocycles. The number of aromatic nitrogens is 1.